The highest BCUT2D eigenvalue weighted by molar-refractivity contribution is 5.86. The second-order valence-corrected chi connectivity index (χ2v) is 4.99. The molecule has 0 fully saturated rings. The molecular formula is C18H30O7. The first-order valence-corrected chi connectivity index (χ1v) is 7.83. The third-order valence-electron chi connectivity index (χ3n) is 2.82. The molecule has 7 heteroatoms. The molecule has 0 aromatic carbocycles. The zero-order chi connectivity index (χ0) is 20.4. The van der Waals surface area contributed by atoms with Gasteiger partial charge < -0.3 is 20.4 Å². The summed E-state index contributed by atoms with van der Waals surface area (Å²) in [6, 6.07) is 0. The fourth-order valence-electron chi connectivity index (χ4n) is 0.989. The monoisotopic (exact) mass is 358 g/mol. The van der Waals surface area contributed by atoms with Crippen molar-refractivity contribution >= 4 is 17.9 Å². The Labute approximate surface area is 149 Å². The third kappa shape index (κ3) is 21.6. The van der Waals surface area contributed by atoms with Crippen molar-refractivity contribution in [2.75, 3.05) is 6.61 Å². The Balaban J connectivity index is -0.000000293. The molecule has 0 aliphatic heterocycles. The first kappa shape index (κ1) is 27.4. The van der Waals surface area contributed by atoms with Crippen LogP contribution in [0, 0.1) is 0 Å². The van der Waals surface area contributed by atoms with Crippen molar-refractivity contribution in [3.05, 3.63) is 35.5 Å². The summed E-state index contributed by atoms with van der Waals surface area (Å²) in [6.07, 6.45) is 6.02. The first-order valence-electron chi connectivity index (χ1n) is 7.83. The number of hydrogen-bond acceptors (Lipinski definition) is 4. The molecule has 0 saturated heterocycles. The van der Waals surface area contributed by atoms with E-state index < -0.39 is 17.9 Å². The molecule has 144 valence electrons. The quantitative estimate of drug-likeness (QED) is 0.490. The van der Waals surface area contributed by atoms with Crippen molar-refractivity contribution in [3.8, 4) is 0 Å². The lowest BCUT2D eigenvalue weighted by Gasteiger charge is -1.95. The molecule has 0 aromatic rings. The number of aliphatic carboxylic acids is 3. The number of hydrogen-bond donors (Lipinski definition) is 4. The highest BCUT2D eigenvalue weighted by atomic mass is 16.4. The van der Waals surface area contributed by atoms with E-state index in [0.29, 0.717) is 24.0 Å². The van der Waals surface area contributed by atoms with E-state index in [4.69, 9.17) is 20.4 Å². The van der Waals surface area contributed by atoms with Crippen LogP contribution in [-0.2, 0) is 14.4 Å². The first-order chi connectivity index (χ1) is 11.5. The van der Waals surface area contributed by atoms with Crippen LogP contribution in [0.4, 0.5) is 0 Å². The lowest BCUT2D eigenvalue weighted by Crippen LogP contribution is -1.97. The van der Waals surface area contributed by atoms with E-state index in [1.807, 2.05) is 6.92 Å². The molecule has 0 radical (unpaired) electrons. The molecule has 7 nitrogen and oxygen atoms in total. The number of allylic oxidation sites excluding steroid dienone is 1. The van der Waals surface area contributed by atoms with E-state index in [9.17, 15) is 14.4 Å². The molecule has 0 heterocycles. The summed E-state index contributed by atoms with van der Waals surface area (Å²) in [5.41, 5.74) is 0.987. The standard InChI is InChI=1S/C7H12O2.C6H10O3.C5H8O2/c1-3-4-5-6(2)7(8)9;1-5(6(8)9)3-2-4-7;1-3-4(2)5(6)7/h2-5H2,1H3,(H,8,9);3,7H,2,4H2,1H3,(H,8,9);3H,1-2H3,(H,6,7). The number of rotatable bonds is 8. The van der Waals surface area contributed by atoms with E-state index in [-0.39, 0.29) is 12.2 Å². The van der Waals surface area contributed by atoms with E-state index in [0.717, 1.165) is 12.8 Å². The third-order valence-corrected chi connectivity index (χ3v) is 2.82. The fraction of sp³-hybridized carbons (Fsp3) is 0.500. The van der Waals surface area contributed by atoms with Gasteiger partial charge in [0.15, 0.2) is 0 Å². The highest BCUT2D eigenvalue weighted by Gasteiger charge is 2.00. The number of aliphatic hydroxyl groups excluding tert-OH is 1. The Morgan fingerprint density at radius 3 is 1.68 bits per heavy atom. The summed E-state index contributed by atoms with van der Waals surface area (Å²) in [5, 5.41) is 32.9. The van der Waals surface area contributed by atoms with E-state index in [1.165, 1.54) is 13.0 Å². The molecule has 0 bridgehead atoms. The minimum Gasteiger partial charge on any atom is -0.478 e. The molecule has 0 atom stereocenters. The van der Waals surface area contributed by atoms with Gasteiger partial charge in [0.2, 0.25) is 0 Å². The molecule has 25 heavy (non-hydrogen) atoms. The molecule has 0 rings (SSSR count). The minimum absolute atomic E-state index is 0.00458. The molecule has 0 unspecified atom stereocenters. The Morgan fingerprint density at radius 2 is 1.44 bits per heavy atom. The molecule has 4 N–H and O–H groups in total. The van der Waals surface area contributed by atoms with Gasteiger partial charge in [0, 0.05) is 23.3 Å². The van der Waals surface area contributed by atoms with Crippen LogP contribution in [0.3, 0.4) is 0 Å². The van der Waals surface area contributed by atoms with Crippen LogP contribution in [-0.4, -0.2) is 44.9 Å². The number of unbranched alkanes of at least 4 members (excludes halogenated alkanes) is 1. The minimum atomic E-state index is -0.927. The van der Waals surface area contributed by atoms with Crippen molar-refractivity contribution in [2.45, 2.75) is 53.4 Å². The topological polar surface area (TPSA) is 132 Å². The second kappa shape index (κ2) is 17.9. The Hall–Kier alpha value is -2.41. The average molecular weight is 358 g/mol. The van der Waals surface area contributed by atoms with Crippen LogP contribution in [0.15, 0.2) is 35.5 Å². The number of carboxylic acids is 3. The van der Waals surface area contributed by atoms with Gasteiger partial charge >= 0.3 is 17.9 Å². The van der Waals surface area contributed by atoms with Crippen LogP contribution < -0.4 is 0 Å². The van der Waals surface area contributed by atoms with Gasteiger partial charge in [-0.3, -0.25) is 0 Å². The van der Waals surface area contributed by atoms with Gasteiger partial charge in [-0.1, -0.05) is 32.1 Å². The Bertz CT molecular complexity index is 488. The average Bonchev–Trinajstić information content (AvgIpc) is 2.57. The van der Waals surface area contributed by atoms with E-state index >= 15 is 0 Å². The molecule has 0 aliphatic rings. The van der Waals surface area contributed by atoms with Gasteiger partial charge in [0.05, 0.1) is 0 Å². The van der Waals surface area contributed by atoms with Crippen LogP contribution in [0.1, 0.15) is 53.4 Å². The molecule has 0 aromatic heterocycles. The smallest absolute Gasteiger partial charge is 0.330 e. The van der Waals surface area contributed by atoms with Gasteiger partial charge in [0.25, 0.3) is 0 Å². The molecule has 0 aliphatic carbocycles. The zero-order valence-corrected chi connectivity index (χ0v) is 15.4. The lowest BCUT2D eigenvalue weighted by molar-refractivity contribution is -0.133. The Morgan fingerprint density at radius 1 is 0.960 bits per heavy atom. The van der Waals surface area contributed by atoms with Gasteiger partial charge in [-0.05, 0) is 40.0 Å². The molecule has 0 saturated carbocycles. The lowest BCUT2D eigenvalue weighted by atomic mass is 10.1. The highest BCUT2D eigenvalue weighted by Crippen LogP contribution is 2.03. The maximum absolute atomic E-state index is 10.1. The van der Waals surface area contributed by atoms with Gasteiger partial charge in [0.1, 0.15) is 0 Å². The molecule has 0 amide bonds. The summed E-state index contributed by atoms with van der Waals surface area (Å²) in [4.78, 5) is 30.0. The summed E-state index contributed by atoms with van der Waals surface area (Å²) >= 11 is 0. The van der Waals surface area contributed by atoms with Gasteiger partial charge in [-0.25, -0.2) is 14.4 Å². The van der Waals surface area contributed by atoms with Crippen molar-refractivity contribution in [1.29, 1.82) is 0 Å². The van der Waals surface area contributed by atoms with Crippen LogP contribution in [0.2, 0.25) is 0 Å². The summed E-state index contributed by atoms with van der Waals surface area (Å²) in [7, 11) is 0. The van der Waals surface area contributed by atoms with Crippen molar-refractivity contribution < 1.29 is 34.8 Å². The van der Waals surface area contributed by atoms with Crippen LogP contribution in [0.25, 0.3) is 0 Å². The summed E-state index contributed by atoms with van der Waals surface area (Å²) in [5.74, 6) is -2.64. The Kier molecular flexibility index (Phi) is 19.7. The largest absolute Gasteiger partial charge is 0.478 e. The predicted octanol–water partition coefficient (Wildman–Crippen LogP) is 3.25. The van der Waals surface area contributed by atoms with E-state index in [1.54, 1.807) is 19.9 Å². The van der Waals surface area contributed by atoms with Crippen molar-refractivity contribution in [1.82, 2.24) is 0 Å². The number of carboxylic acid groups (broad SMARTS) is 3. The predicted molar refractivity (Wildman–Crippen MR) is 96.5 cm³/mol. The van der Waals surface area contributed by atoms with Gasteiger partial charge in [-0.2, -0.15) is 0 Å². The maximum Gasteiger partial charge on any atom is 0.330 e. The van der Waals surface area contributed by atoms with Crippen molar-refractivity contribution in [3.63, 3.8) is 0 Å². The summed E-state index contributed by atoms with van der Waals surface area (Å²) in [6.45, 7) is 10.2. The number of aliphatic hydroxyl groups is 1. The van der Waals surface area contributed by atoms with E-state index in [2.05, 4.69) is 6.58 Å². The molecular weight excluding hydrogens is 328 g/mol. The molecule has 0 spiro atoms. The SMILES string of the molecule is C=C(CCCC)C(=O)O.CC(=CCCO)C(=O)O.CC=C(C)C(=O)O. The van der Waals surface area contributed by atoms with Crippen molar-refractivity contribution in [2.24, 2.45) is 0 Å². The second-order valence-electron chi connectivity index (χ2n) is 4.99. The zero-order valence-electron chi connectivity index (χ0n) is 15.4. The number of carbonyl (C=O) groups is 3. The summed E-state index contributed by atoms with van der Waals surface area (Å²) < 4.78 is 0. The normalized spacial score (nSPS) is 10.6. The van der Waals surface area contributed by atoms with Gasteiger partial charge in [-0.15, -0.1) is 0 Å². The fourth-order valence-corrected chi connectivity index (χ4v) is 0.989. The van der Waals surface area contributed by atoms with Crippen LogP contribution >= 0.6 is 0 Å². The van der Waals surface area contributed by atoms with Crippen LogP contribution in [0.5, 0.6) is 0 Å². The maximum atomic E-state index is 10.1.